The van der Waals surface area contributed by atoms with Gasteiger partial charge in [-0.3, -0.25) is 9.59 Å². The Hall–Kier alpha value is -4.78. The number of fused-ring (bicyclic) bond motifs is 1. The molecule has 2 amide bonds. The van der Waals surface area contributed by atoms with E-state index in [1.807, 2.05) is 62.4 Å². The van der Waals surface area contributed by atoms with Crippen LogP contribution < -0.4 is 15.5 Å². The highest BCUT2D eigenvalue weighted by atomic mass is 16.5. The van der Waals surface area contributed by atoms with Crippen LogP contribution in [0.4, 0.5) is 5.69 Å². The quantitative estimate of drug-likeness (QED) is 0.146. The molecule has 0 atom stereocenters. The number of nitrogens with one attached hydrogen (secondary N) is 2. The number of carbonyl (C=O) groups excluding carboxylic acids is 3. The van der Waals surface area contributed by atoms with Gasteiger partial charge in [0.15, 0.2) is 0 Å². The topological polar surface area (TPSA) is 96.9 Å². The van der Waals surface area contributed by atoms with Crippen LogP contribution in [0, 0.1) is 13.8 Å². The maximum absolute atomic E-state index is 12.7. The summed E-state index contributed by atoms with van der Waals surface area (Å²) in [5, 5.41) is 8.12. The second-order valence-electron chi connectivity index (χ2n) is 7.98. The van der Waals surface area contributed by atoms with Crippen molar-refractivity contribution in [2.45, 2.75) is 13.8 Å². The Labute approximate surface area is 202 Å². The van der Waals surface area contributed by atoms with Gasteiger partial charge in [-0.05, 0) is 55.0 Å². The summed E-state index contributed by atoms with van der Waals surface area (Å²) in [5.74, 6) is -2.02. The molecule has 4 rings (SSSR count). The second-order valence-corrected chi connectivity index (χ2v) is 7.98. The number of ether oxygens (including phenoxy) is 1. The second kappa shape index (κ2) is 10.4. The van der Waals surface area contributed by atoms with E-state index < -0.39 is 17.8 Å². The third-order valence-electron chi connectivity index (χ3n) is 5.26. The molecule has 7 heteroatoms. The third kappa shape index (κ3) is 5.78. The molecule has 0 saturated heterocycles. The number of aryl methyl sites for hydroxylation is 2. The van der Waals surface area contributed by atoms with Gasteiger partial charge in [0.25, 0.3) is 0 Å². The highest BCUT2D eigenvalue weighted by molar-refractivity contribution is 6.39. The molecule has 0 unspecified atom stereocenters. The lowest BCUT2D eigenvalue weighted by Gasteiger charge is -2.11. The molecule has 0 aliphatic carbocycles. The summed E-state index contributed by atoms with van der Waals surface area (Å²) in [6.45, 7) is 3.81. The van der Waals surface area contributed by atoms with Gasteiger partial charge >= 0.3 is 17.8 Å². The summed E-state index contributed by atoms with van der Waals surface area (Å²) in [4.78, 5) is 37.1. The van der Waals surface area contributed by atoms with Crippen LogP contribution in [-0.2, 0) is 9.59 Å². The van der Waals surface area contributed by atoms with Crippen molar-refractivity contribution in [2.24, 2.45) is 5.10 Å². The van der Waals surface area contributed by atoms with Crippen LogP contribution in [0.15, 0.2) is 90.0 Å². The van der Waals surface area contributed by atoms with E-state index in [1.165, 1.54) is 6.21 Å². The fourth-order valence-electron chi connectivity index (χ4n) is 3.46. The van der Waals surface area contributed by atoms with Crippen LogP contribution >= 0.6 is 0 Å². The summed E-state index contributed by atoms with van der Waals surface area (Å²) in [7, 11) is 0. The standard InChI is InChI=1S/C28H23N3O4/c1-18-10-13-22(14-11-18)30-26(32)27(33)31-29-17-24-23-9-4-3-7-20(23)12-15-25(24)35-28(34)21-8-5-6-19(2)16-21/h3-17H,1-2H3,(H,30,32)(H,31,33)/b29-17-. The van der Waals surface area contributed by atoms with Crippen LogP contribution in [0.5, 0.6) is 5.75 Å². The van der Waals surface area contributed by atoms with Gasteiger partial charge in [-0.25, -0.2) is 10.2 Å². The molecular weight excluding hydrogens is 442 g/mol. The number of hydrogen-bond donors (Lipinski definition) is 2. The Morgan fingerprint density at radius 2 is 1.57 bits per heavy atom. The first-order valence-corrected chi connectivity index (χ1v) is 10.9. The summed E-state index contributed by atoms with van der Waals surface area (Å²) in [6, 6.07) is 25.1. The van der Waals surface area contributed by atoms with Crippen molar-refractivity contribution in [3.8, 4) is 5.75 Å². The maximum Gasteiger partial charge on any atom is 0.343 e. The lowest BCUT2D eigenvalue weighted by Crippen LogP contribution is -2.32. The van der Waals surface area contributed by atoms with E-state index >= 15 is 0 Å². The van der Waals surface area contributed by atoms with Crippen LogP contribution in [0.3, 0.4) is 0 Å². The highest BCUT2D eigenvalue weighted by Gasteiger charge is 2.15. The SMILES string of the molecule is Cc1ccc(NC(=O)C(=O)N/N=C\c2c(OC(=O)c3cccc(C)c3)ccc3ccccc23)cc1. The van der Waals surface area contributed by atoms with Crippen molar-refractivity contribution >= 4 is 40.5 Å². The molecule has 2 N–H and O–H groups in total. The smallest absolute Gasteiger partial charge is 0.343 e. The number of amides is 2. The number of hydrazone groups is 1. The Morgan fingerprint density at radius 3 is 2.34 bits per heavy atom. The monoisotopic (exact) mass is 465 g/mol. The molecule has 7 nitrogen and oxygen atoms in total. The summed E-state index contributed by atoms with van der Waals surface area (Å²) < 4.78 is 5.67. The molecule has 0 radical (unpaired) electrons. The van der Waals surface area contributed by atoms with E-state index in [4.69, 9.17) is 4.74 Å². The number of hydrogen-bond acceptors (Lipinski definition) is 5. The van der Waals surface area contributed by atoms with Crippen LogP contribution in [0.2, 0.25) is 0 Å². The largest absolute Gasteiger partial charge is 0.422 e. The van der Waals surface area contributed by atoms with Crippen LogP contribution in [-0.4, -0.2) is 24.0 Å². The van der Waals surface area contributed by atoms with Gasteiger partial charge in [0.2, 0.25) is 0 Å². The summed E-state index contributed by atoms with van der Waals surface area (Å²) in [6.07, 6.45) is 1.36. The number of carbonyl (C=O) groups is 3. The summed E-state index contributed by atoms with van der Waals surface area (Å²) in [5.41, 5.74) is 5.60. The minimum Gasteiger partial charge on any atom is -0.422 e. The van der Waals surface area contributed by atoms with E-state index in [9.17, 15) is 14.4 Å². The maximum atomic E-state index is 12.7. The first kappa shape index (κ1) is 23.4. The fraction of sp³-hybridized carbons (Fsp3) is 0.0714. The van der Waals surface area contributed by atoms with Crippen LogP contribution in [0.25, 0.3) is 10.8 Å². The predicted octanol–water partition coefficient (Wildman–Crippen LogP) is 4.76. The lowest BCUT2D eigenvalue weighted by molar-refractivity contribution is -0.136. The van der Waals surface area contributed by atoms with E-state index in [0.29, 0.717) is 16.8 Å². The molecule has 0 aliphatic rings. The van der Waals surface area contributed by atoms with Gasteiger partial charge in [-0.2, -0.15) is 5.10 Å². The fourth-order valence-corrected chi connectivity index (χ4v) is 3.46. The molecule has 4 aromatic rings. The van der Waals surface area contributed by atoms with E-state index in [0.717, 1.165) is 21.9 Å². The van der Waals surface area contributed by atoms with Gasteiger partial charge in [0, 0.05) is 11.3 Å². The number of nitrogens with zero attached hydrogens (tertiary/aromatic N) is 1. The minimum atomic E-state index is -0.930. The number of esters is 1. The average molecular weight is 466 g/mol. The molecule has 174 valence electrons. The third-order valence-corrected chi connectivity index (χ3v) is 5.26. The molecule has 0 aliphatic heterocycles. The molecule has 0 heterocycles. The van der Waals surface area contributed by atoms with Crippen molar-refractivity contribution in [3.05, 3.63) is 107 Å². The zero-order valence-electron chi connectivity index (χ0n) is 19.2. The molecule has 0 saturated carbocycles. The van der Waals surface area contributed by atoms with Gasteiger partial charge < -0.3 is 10.1 Å². The van der Waals surface area contributed by atoms with Crippen molar-refractivity contribution in [1.29, 1.82) is 0 Å². The molecule has 35 heavy (non-hydrogen) atoms. The van der Waals surface area contributed by atoms with Gasteiger partial charge in [0.05, 0.1) is 11.8 Å². The van der Waals surface area contributed by atoms with Crippen molar-refractivity contribution in [1.82, 2.24) is 5.43 Å². The number of anilines is 1. The molecule has 4 aromatic carbocycles. The Morgan fingerprint density at radius 1 is 0.800 bits per heavy atom. The number of benzene rings is 4. The van der Waals surface area contributed by atoms with Crippen LogP contribution in [0.1, 0.15) is 27.0 Å². The van der Waals surface area contributed by atoms with Crippen molar-refractivity contribution in [3.63, 3.8) is 0 Å². The zero-order valence-corrected chi connectivity index (χ0v) is 19.2. The molecule has 0 fully saturated rings. The Balaban J connectivity index is 1.54. The van der Waals surface area contributed by atoms with Gasteiger partial charge in [0.1, 0.15) is 5.75 Å². The Kier molecular flexibility index (Phi) is 6.97. The van der Waals surface area contributed by atoms with Gasteiger partial charge in [-0.1, -0.05) is 65.7 Å². The van der Waals surface area contributed by atoms with E-state index in [2.05, 4.69) is 15.8 Å². The van der Waals surface area contributed by atoms with Crippen molar-refractivity contribution in [2.75, 3.05) is 5.32 Å². The Bertz CT molecular complexity index is 1440. The van der Waals surface area contributed by atoms with E-state index in [1.54, 1.807) is 36.4 Å². The first-order chi connectivity index (χ1) is 16.9. The van der Waals surface area contributed by atoms with Gasteiger partial charge in [-0.15, -0.1) is 0 Å². The van der Waals surface area contributed by atoms with E-state index in [-0.39, 0.29) is 5.75 Å². The summed E-state index contributed by atoms with van der Waals surface area (Å²) >= 11 is 0. The number of rotatable bonds is 5. The highest BCUT2D eigenvalue weighted by Crippen LogP contribution is 2.27. The average Bonchev–Trinajstić information content (AvgIpc) is 2.86. The normalized spacial score (nSPS) is 10.8. The zero-order chi connectivity index (χ0) is 24.8. The molecular formula is C28H23N3O4. The predicted molar refractivity (Wildman–Crippen MR) is 136 cm³/mol. The van der Waals surface area contributed by atoms with Crippen molar-refractivity contribution < 1.29 is 19.1 Å². The molecule has 0 bridgehead atoms. The first-order valence-electron chi connectivity index (χ1n) is 10.9. The molecule has 0 spiro atoms. The molecule has 0 aromatic heterocycles. The lowest BCUT2D eigenvalue weighted by atomic mass is 10.0. The minimum absolute atomic E-state index is 0.275.